The van der Waals surface area contributed by atoms with Gasteiger partial charge in [0.2, 0.25) is 0 Å². The third kappa shape index (κ3) is 3.11. The summed E-state index contributed by atoms with van der Waals surface area (Å²) in [6.45, 7) is 3.81. The second-order valence-corrected chi connectivity index (χ2v) is 5.47. The Morgan fingerprint density at radius 1 is 1.00 bits per heavy atom. The van der Waals surface area contributed by atoms with Crippen LogP contribution in [0.2, 0.25) is 0 Å². The smallest absolute Gasteiger partial charge is 0.251 e. The van der Waals surface area contributed by atoms with E-state index >= 15 is 0 Å². The SMILES string of the molecule is CNC(=O)c1ccc(-c2ccc(C(C)(C)C#N)cc2)cc1. The molecule has 2 aromatic carbocycles. The highest BCUT2D eigenvalue weighted by atomic mass is 16.1. The molecule has 21 heavy (non-hydrogen) atoms. The van der Waals surface area contributed by atoms with E-state index in [-0.39, 0.29) is 5.91 Å². The maximum absolute atomic E-state index is 11.5. The summed E-state index contributed by atoms with van der Waals surface area (Å²) >= 11 is 0. The number of nitriles is 1. The Bertz CT molecular complexity index is 677. The van der Waals surface area contributed by atoms with Gasteiger partial charge in [-0.25, -0.2) is 0 Å². The van der Waals surface area contributed by atoms with Gasteiger partial charge >= 0.3 is 0 Å². The molecule has 1 N–H and O–H groups in total. The van der Waals surface area contributed by atoms with Crippen LogP contribution >= 0.6 is 0 Å². The van der Waals surface area contributed by atoms with Gasteiger partial charge in [0.15, 0.2) is 0 Å². The maximum Gasteiger partial charge on any atom is 0.251 e. The number of benzene rings is 2. The highest BCUT2D eigenvalue weighted by molar-refractivity contribution is 5.94. The topological polar surface area (TPSA) is 52.9 Å². The number of amides is 1. The zero-order valence-corrected chi connectivity index (χ0v) is 12.5. The van der Waals surface area contributed by atoms with Crippen molar-refractivity contribution < 1.29 is 4.79 Å². The van der Waals surface area contributed by atoms with Gasteiger partial charge in [-0.15, -0.1) is 0 Å². The zero-order valence-electron chi connectivity index (χ0n) is 12.5. The molecule has 0 aliphatic carbocycles. The minimum Gasteiger partial charge on any atom is -0.355 e. The average molecular weight is 278 g/mol. The molecule has 3 heteroatoms. The first-order valence-corrected chi connectivity index (χ1v) is 6.82. The summed E-state index contributed by atoms with van der Waals surface area (Å²) in [4.78, 5) is 11.5. The van der Waals surface area contributed by atoms with Gasteiger partial charge in [0, 0.05) is 12.6 Å². The maximum atomic E-state index is 11.5. The fourth-order valence-electron chi connectivity index (χ4n) is 2.10. The third-order valence-corrected chi connectivity index (χ3v) is 3.59. The monoisotopic (exact) mass is 278 g/mol. The van der Waals surface area contributed by atoms with Crippen molar-refractivity contribution in [3.8, 4) is 17.2 Å². The first kappa shape index (κ1) is 14.8. The zero-order chi connectivity index (χ0) is 15.5. The van der Waals surface area contributed by atoms with Gasteiger partial charge in [0.1, 0.15) is 0 Å². The van der Waals surface area contributed by atoms with Crippen LogP contribution in [-0.4, -0.2) is 13.0 Å². The summed E-state index contributed by atoms with van der Waals surface area (Å²) in [5.74, 6) is -0.0901. The predicted molar refractivity (Wildman–Crippen MR) is 83.9 cm³/mol. The molecule has 0 aromatic heterocycles. The van der Waals surface area contributed by atoms with Crippen LogP contribution in [-0.2, 0) is 5.41 Å². The number of hydrogen-bond acceptors (Lipinski definition) is 2. The van der Waals surface area contributed by atoms with Crippen molar-refractivity contribution >= 4 is 5.91 Å². The van der Waals surface area contributed by atoms with E-state index in [0.29, 0.717) is 5.56 Å². The standard InChI is InChI=1S/C18H18N2O/c1-18(2,12-19)16-10-8-14(9-11-16)13-4-6-15(7-5-13)17(21)20-3/h4-11H,1-3H3,(H,20,21). The Morgan fingerprint density at radius 2 is 1.48 bits per heavy atom. The highest BCUT2D eigenvalue weighted by Gasteiger charge is 2.19. The minimum atomic E-state index is -0.485. The molecular formula is C18H18N2O. The Labute approximate surface area is 125 Å². The molecule has 0 aliphatic rings. The Balaban J connectivity index is 2.27. The van der Waals surface area contributed by atoms with Crippen LogP contribution < -0.4 is 5.32 Å². The van der Waals surface area contributed by atoms with Crippen molar-refractivity contribution in [2.45, 2.75) is 19.3 Å². The third-order valence-electron chi connectivity index (χ3n) is 3.59. The van der Waals surface area contributed by atoms with Gasteiger partial charge < -0.3 is 5.32 Å². The van der Waals surface area contributed by atoms with Crippen LogP contribution in [0.4, 0.5) is 0 Å². The van der Waals surface area contributed by atoms with E-state index in [9.17, 15) is 4.79 Å². The molecule has 0 spiro atoms. The van der Waals surface area contributed by atoms with E-state index < -0.39 is 5.41 Å². The first-order valence-electron chi connectivity index (χ1n) is 6.82. The molecule has 0 saturated carbocycles. The van der Waals surface area contributed by atoms with Crippen LogP contribution in [0.1, 0.15) is 29.8 Å². The molecule has 0 bridgehead atoms. The molecule has 106 valence electrons. The summed E-state index contributed by atoms with van der Waals surface area (Å²) < 4.78 is 0. The highest BCUT2D eigenvalue weighted by Crippen LogP contribution is 2.26. The fraction of sp³-hybridized carbons (Fsp3) is 0.222. The number of hydrogen-bond donors (Lipinski definition) is 1. The molecule has 0 saturated heterocycles. The first-order chi connectivity index (χ1) is 9.97. The average Bonchev–Trinajstić information content (AvgIpc) is 2.54. The number of nitrogens with one attached hydrogen (secondary N) is 1. The molecule has 0 unspecified atom stereocenters. The van der Waals surface area contributed by atoms with Gasteiger partial charge in [-0.05, 0) is 42.7 Å². The van der Waals surface area contributed by atoms with E-state index in [1.807, 2.05) is 50.2 Å². The number of rotatable bonds is 3. The van der Waals surface area contributed by atoms with Gasteiger partial charge in [-0.2, -0.15) is 5.26 Å². The lowest BCUT2D eigenvalue weighted by Crippen LogP contribution is -2.17. The molecule has 0 atom stereocenters. The Kier molecular flexibility index (Phi) is 4.09. The van der Waals surface area contributed by atoms with Gasteiger partial charge in [-0.1, -0.05) is 36.4 Å². The van der Waals surface area contributed by atoms with Gasteiger partial charge in [0.25, 0.3) is 5.91 Å². The number of nitrogens with zero attached hydrogens (tertiary/aromatic N) is 1. The van der Waals surface area contributed by atoms with Crippen molar-refractivity contribution in [1.82, 2.24) is 5.32 Å². The minimum absolute atomic E-state index is 0.0901. The van der Waals surface area contributed by atoms with Crippen molar-refractivity contribution in [2.75, 3.05) is 7.05 Å². The lowest BCUT2D eigenvalue weighted by molar-refractivity contribution is 0.0963. The molecule has 0 heterocycles. The molecule has 1 amide bonds. The molecule has 0 radical (unpaired) electrons. The van der Waals surface area contributed by atoms with E-state index in [1.165, 1.54) is 0 Å². The van der Waals surface area contributed by atoms with E-state index in [1.54, 1.807) is 19.2 Å². The fourth-order valence-corrected chi connectivity index (χ4v) is 2.10. The summed E-state index contributed by atoms with van der Waals surface area (Å²) in [7, 11) is 1.62. The van der Waals surface area contributed by atoms with Crippen LogP contribution in [0.5, 0.6) is 0 Å². The largest absolute Gasteiger partial charge is 0.355 e. The van der Waals surface area contributed by atoms with Gasteiger partial charge in [-0.3, -0.25) is 4.79 Å². The van der Waals surface area contributed by atoms with Crippen LogP contribution in [0.3, 0.4) is 0 Å². The predicted octanol–water partition coefficient (Wildman–Crippen LogP) is 3.51. The lowest BCUT2D eigenvalue weighted by Gasteiger charge is -2.16. The second kappa shape index (κ2) is 5.80. The molecule has 0 aliphatic heterocycles. The van der Waals surface area contributed by atoms with Crippen LogP contribution in [0.15, 0.2) is 48.5 Å². The lowest BCUT2D eigenvalue weighted by atomic mass is 9.85. The summed E-state index contributed by atoms with van der Waals surface area (Å²) in [5, 5.41) is 11.8. The molecular weight excluding hydrogens is 260 g/mol. The van der Waals surface area contributed by atoms with Crippen molar-refractivity contribution in [3.05, 3.63) is 59.7 Å². The second-order valence-electron chi connectivity index (χ2n) is 5.47. The Hall–Kier alpha value is -2.60. The molecule has 0 fully saturated rings. The number of carbonyl (C=O) groups excluding carboxylic acids is 1. The van der Waals surface area contributed by atoms with Crippen LogP contribution in [0, 0.1) is 11.3 Å². The van der Waals surface area contributed by atoms with Crippen molar-refractivity contribution in [1.29, 1.82) is 5.26 Å². The molecule has 2 aromatic rings. The molecule has 3 nitrogen and oxygen atoms in total. The Morgan fingerprint density at radius 3 is 1.90 bits per heavy atom. The van der Waals surface area contributed by atoms with E-state index in [4.69, 9.17) is 5.26 Å². The molecule has 2 rings (SSSR count). The number of carbonyl (C=O) groups is 1. The van der Waals surface area contributed by atoms with Crippen molar-refractivity contribution in [3.63, 3.8) is 0 Å². The summed E-state index contributed by atoms with van der Waals surface area (Å²) in [6.07, 6.45) is 0. The quantitative estimate of drug-likeness (QED) is 0.934. The van der Waals surface area contributed by atoms with Gasteiger partial charge in [0.05, 0.1) is 11.5 Å². The normalized spacial score (nSPS) is 10.8. The van der Waals surface area contributed by atoms with Crippen LogP contribution in [0.25, 0.3) is 11.1 Å². The van der Waals surface area contributed by atoms with Crippen molar-refractivity contribution in [2.24, 2.45) is 0 Å². The van der Waals surface area contributed by atoms with E-state index in [2.05, 4.69) is 11.4 Å². The van der Waals surface area contributed by atoms with E-state index in [0.717, 1.165) is 16.7 Å². The summed E-state index contributed by atoms with van der Waals surface area (Å²) in [6, 6.07) is 17.7. The summed E-state index contributed by atoms with van der Waals surface area (Å²) in [5.41, 5.74) is 3.26.